The molecule has 6 nitrogen and oxygen atoms in total. The van der Waals surface area contributed by atoms with Gasteiger partial charge in [-0.1, -0.05) is 24.3 Å². The first-order valence-electron chi connectivity index (χ1n) is 9.13. The van der Waals surface area contributed by atoms with Gasteiger partial charge >= 0.3 is 6.61 Å². The van der Waals surface area contributed by atoms with E-state index in [4.69, 9.17) is 9.47 Å². The van der Waals surface area contributed by atoms with Crippen molar-refractivity contribution in [1.82, 2.24) is 10.2 Å². The lowest BCUT2D eigenvalue weighted by Crippen LogP contribution is -2.39. The van der Waals surface area contributed by atoms with Crippen molar-refractivity contribution >= 4 is 29.9 Å². The van der Waals surface area contributed by atoms with Crippen molar-refractivity contribution < 1.29 is 23.0 Å². The maximum absolute atomic E-state index is 12.6. The van der Waals surface area contributed by atoms with E-state index in [1.165, 1.54) is 7.11 Å². The molecule has 0 saturated carbocycles. The lowest BCUT2D eigenvalue weighted by molar-refractivity contribution is -0.0512. The lowest BCUT2D eigenvalue weighted by Gasteiger charge is -2.23. The summed E-state index contributed by atoms with van der Waals surface area (Å²) in [6, 6.07) is 12.8. The Kier molecular flexibility index (Phi) is 11.2. The second kappa shape index (κ2) is 13.1. The molecular formula is C21H28F2IN3O3. The van der Waals surface area contributed by atoms with Crippen LogP contribution in [0.15, 0.2) is 47.5 Å². The van der Waals surface area contributed by atoms with Crippen LogP contribution in [-0.4, -0.2) is 52.3 Å². The van der Waals surface area contributed by atoms with Crippen LogP contribution >= 0.6 is 24.0 Å². The molecule has 30 heavy (non-hydrogen) atoms. The summed E-state index contributed by atoms with van der Waals surface area (Å²) in [4.78, 5) is 6.29. The number of nitrogens with zero attached hydrogens (tertiary/aromatic N) is 2. The van der Waals surface area contributed by atoms with Crippen molar-refractivity contribution in [3.8, 4) is 17.2 Å². The van der Waals surface area contributed by atoms with Gasteiger partial charge in [-0.3, -0.25) is 4.99 Å². The number of hydrogen-bond donors (Lipinski definition) is 1. The highest BCUT2D eigenvalue weighted by atomic mass is 127. The van der Waals surface area contributed by atoms with E-state index < -0.39 is 6.61 Å². The second-order valence-electron chi connectivity index (χ2n) is 6.26. The van der Waals surface area contributed by atoms with Gasteiger partial charge in [-0.25, -0.2) is 0 Å². The van der Waals surface area contributed by atoms with Crippen LogP contribution in [-0.2, 0) is 13.0 Å². The Bertz CT molecular complexity index is 822. The van der Waals surface area contributed by atoms with Gasteiger partial charge in [-0.2, -0.15) is 8.78 Å². The van der Waals surface area contributed by atoms with Crippen LogP contribution in [0.4, 0.5) is 8.78 Å². The zero-order chi connectivity index (χ0) is 21.2. The van der Waals surface area contributed by atoms with Gasteiger partial charge in [-0.05, 0) is 30.2 Å². The van der Waals surface area contributed by atoms with E-state index in [9.17, 15) is 8.78 Å². The molecule has 0 saturated heterocycles. The molecule has 0 aliphatic rings. The molecule has 0 aromatic heterocycles. The van der Waals surface area contributed by atoms with E-state index >= 15 is 0 Å². The molecule has 166 valence electrons. The standard InChI is InChI=1S/C21H27F2N3O3.HI/c1-24-21(26(2)14-16-7-5-6-8-17(16)27-3)25-12-11-15-9-10-18(28-4)19(13-15)29-20(22)23;/h5-10,13,20H,11-12,14H2,1-4H3,(H,24,25);1H. The Morgan fingerprint density at radius 2 is 1.77 bits per heavy atom. The summed E-state index contributed by atoms with van der Waals surface area (Å²) >= 11 is 0. The number of halogens is 3. The van der Waals surface area contributed by atoms with Crippen LogP contribution in [0.1, 0.15) is 11.1 Å². The highest BCUT2D eigenvalue weighted by molar-refractivity contribution is 14.0. The van der Waals surface area contributed by atoms with E-state index in [0.717, 1.165) is 16.9 Å². The van der Waals surface area contributed by atoms with Crippen molar-refractivity contribution in [1.29, 1.82) is 0 Å². The lowest BCUT2D eigenvalue weighted by atomic mass is 10.1. The van der Waals surface area contributed by atoms with Crippen LogP contribution in [0.5, 0.6) is 17.2 Å². The minimum atomic E-state index is -2.90. The number of ether oxygens (including phenoxy) is 3. The summed E-state index contributed by atoms with van der Waals surface area (Å²) in [6.07, 6.45) is 0.602. The average Bonchev–Trinajstić information content (AvgIpc) is 2.71. The van der Waals surface area contributed by atoms with E-state index in [0.29, 0.717) is 25.5 Å². The molecule has 2 aromatic carbocycles. The van der Waals surface area contributed by atoms with Crippen LogP contribution in [0.2, 0.25) is 0 Å². The van der Waals surface area contributed by atoms with Gasteiger partial charge in [0.2, 0.25) is 0 Å². The number of nitrogens with one attached hydrogen (secondary N) is 1. The highest BCUT2D eigenvalue weighted by Crippen LogP contribution is 2.29. The van der Waals surface area contributed by atoms with Crippen LogP contribution < -0.4 is 19.5 Å². The predicted molar refractivity (Wildman–Crippen MR) is 125 cm³/mol. The molecule has 2 rings (SSSR count). The van der Waals surface area contributed by atoms with Gasteiger partial charge in [0.05, 0.1) is 14.2 Å². The number of methoxy groups -OCH3 is 2. The maximum Gasteiger partial charge on any atom is 0.387 e. The zero-order valence-corrected chi connectivity index (χ0v) is 19.9. The summed E-state index contributed by atoms with van der Waals surface area (Å²) in [7, 11) is 6.70. The molecule has 2 aromatic rings. The van der Waals surface area contributed by atoms with Gasteiger partial charge in [-0.15, -0.1) is 24.0 Å². The Labute approximate surface area is 193 Å². The van der Waals surface area contributed by atoms with Crippen molar-refractivity contribution in [3.05, 3.63) is 53.6 Å². The molecule has 1 N–H and O–H groups in total. The molecule has 0 spiro atoms. The first-order valence-corrected chi connectivity index (χ1v) is 9.13. The Morgan fingerprint density at radius 1 is 1.07 bits per heavy atom. The molecule has 0 aliphatic carbocycles. The van der Waals surface area contributed by atoms with Crippen LogP contribution in [0.25, 0.3) is 0 Å². The third-order valence-corrected chi connectivity index (χ3v) is 4.31. The minimum Gasteiger partial charge on any atom is -0.496 e. The number of aliphatic imine (C=N–C) groups is 1. The smallest absolute Gasteiger partial charge is 0.387 e. The highest BCUT2D eigenvalue weighted by Gasteiger charge is 2.12. The van der Waals surface area contributed by atoms with Gasteiger partial charge in [0.15, 0.2) is 17.5 Å². The summed E-state index contributed by atoms with van der Waals surface area (Å²) in [6.45, 7) is -1.71. The normalized spacial score (nSPS) is 11.0. The SMILES string of the molecule is CN=C(NCCc1ccc(OC)c(OC(F)F)c1)N(C)Cc1ccccc1OC.I. The molecule has 9 heteroatoms. The molecule has 0 radical (unpaired) electrons. The number of hydrogen-bond acceptors (Lipinski definition) is 4. The monoisotopic (exact) mass is 535 g/mol. The summed E-state index contributed by atoms with van der Waals surface area (Å²) in [5, 5.41) is 3.28. The third kappa shape index (κ3) is 7.51. The molecule has 0 amide bonds. The average molecular weight is 535 g/mol. The van der Waals surface area contributed by atoms with E-state index in [1.54, 1.807) is 26.3 Å². The van der Waals surface area contributed by atoms with E-state index in [1.807, 2.05) is 42.3 Å². The number of rotatable bonds is 9. The van der Waals surface area contributed by atoms with Crippen molar-refractivity contribution in [2.24, 2.45) is 4.99 Å². The third-order valence-electron chi connectivity index (χ3n) is 4.31. The Balaban J connectivity index is 0.00000450. The van der Waals surface area contributed by atoms with Gasteiger partial charge in [0, 0.05) is 32.7 Å². The largest absolute Gasteiger partial charge is 0.496 e. The topological polar surface area (TPSA) is 55.3 Å². The number of benzene rings is 2. The molecule has 0 fully saturated rings. The fourth-order valence-corrected chi connectivity index (χ4v) is 2.93. The first-order chi connectivity index (χ1) is 14.0. The molecule has 0 bridgehead atoms. The second-order valence-corrected chi connectivity index (χ2v) is 6.26. The van der Waals surface area contributed by atoms with Gasteiger partial charge in [0.1, 0.15) is 5.75 Å². The van der Waals surface area contributed by atoms with E-state index in [-0.39, 0.29) is 35.5 Å². The predicted octanol–water partition coefficient (Wildman–Crippen LogP) is 4.17. The Hall–Kier alpha value is -2.30. The fourth-order valence-electron chi connectivity index (χ4n) is 2.93. The molecule has 0 atom stereocenters. The molecular weight excluding hydrogens is 507 g/mol. The zero-order valence-electron chi connectivity index (χ0n) is 17.5. The summed E-state index contributed by atoms with van der Waals surface area (Å²) < 4.78 is 40.1. The van der Waals surface area contributed by atoms with Crippen molar-refractivity contribution in [2.75, 3.05) is 34.9 Å². The Morgan fingerprint density at radius 3 is 2.40 bits per heavy atom. The molecule has 0 heterocycles. The first kappa shape index (κ1) is 25.7. The van der Waals surface area contributed by atoms with Crippen LogP contribution in [0, 0.1) is 0 Å². The van der Waals surface area contributed by atoms with E-state index in [2.05, 4.69) is 15.0 Å². The number of guanidine groups is 1. The summed E-state index contributed by atoms with van der Waals surface area (Å²) in [5.41, 5.74) is 1.89. The number of alkyl halides is 2. The van der Waals surface area contributed by atoms with Gasteiger partial charge < -0.3 is 24.4 Å². The van der Waals surface area contributed by atoms with Gasteiger partial charge in [0.25, 0.3) is 0 Å². The van der Waals surface area contributed by atoms with Crippen molar-refractivity contribution in [3.63, 3.8) is 0 Å². The van der Waals surface area contributed by atoms with Crippen LogP contribution in [0.3, 0.4) is 0 Å². The van der Waals surface area contributed by atoms with Crippen molar-refractivity contribution in [2.45, 2.75) is 19.6 Å². The fraction of sp³-hybridized carbons (Fsp3) is 0.381. The molecule has 0 aliphatic heterocycles. The quantitative estimate of drug-likeness (QED) is 0.297. The minimum absolute atomic E-state index is 0. The summed E-state index contributed by atoms with van der Waals surface area (Å²) in [5.74, 6) is 1.83. The molecule has 0 unspecified atom stereocenters. The number of para-hydroxylation sites is 1. The maximum atomic E-state index is 12.6.